The molecule has 2 aromatic rings. The third-order valence-corrected chi connectivity index (χ3v) is 4.86. The standard InChI is InChI=1S/C22H23F2NO5/c1-13-10-17(14(2)25(13)16-6-7-16)18(26)12-29-21(27)9-5-15-4-8-19(30-22(23)24)20(11-15)28-3/h4-5,8-11,16,22H,6-7,12H2,1-3H3/b9-5+. The van der Waals surface area contributed by atoms with Crippen LogP contribution in [0.1, 0.15) is 46.2 Å². The average Bonchev–Trinajstić information content (AvgIpc) is 3.49. The summed E-state index contributed by atoms with van der Waals surface area (Å²) in [4.78, 5) is 24.4. The number of carbonyl (C=O) groups excluding carboxylic acids is 2. The molecule has 1 heterocycles. The monoisotopic (exact) mass is 419 g/mol. The Balaban J connectivity index is 1.58. The number of benzene rings is 1. The van der Waals surface area contributed by atoms with Gasteiger partial charge in [-0.05, 0) is 56.5 Å². The zero-order valence-corrected chi connectivity index (χ0v) is 17.0. The lowest BCUT2D eigenvalue weighted by molar-refractivity contribution is -0.136. The lowest BCUT2D eigenvalue weighted by Gasteiger charge is -2.10. The van der Waals surface area contributed by atoms with E-state index < -0.39 is 12.6 Å². The van der Waals surface area contributed by atoms with Crippen molar-refractivity contribution < 1.29 is 32.6 Å². The van der Waals surface area contributed by atoms with Crippen molar-refractivity contribution in [3.05, 3.63) is 52.9 Å². The first kappa shape index (κ1) is 21.5. The number of ether oxygens (including phenoxy) is 3. The Morgan fingerprint density at radius 1 is 1.20 bits per heavy atom. The number of aromatic nitrogens is 1. The van der Waals surface area contributed by atoms with Crippen LogP contribution in [0.15, 0.2) is 30.3 Å². The van der Waals surface area contributed by atoms with Crippen LogP contribution in [0, 0.1) is 13.8 Å². The lowest BCUT2D eigenvalue weighted by Crippen LogP contribution is -2.13. The Morgan fingerprint density at radius 2 is 1.93 bits per heavy atom. The topological polar surface area (TPSA) is 66.8 Å². The highest BCUT2D eigenvalue weighted by Gasteiger charge is 2.28. The van der Waals surface area contributed by atoms with Gasteiger partial charge in [-0.25, -0.2) is 4.79 Å². The maximum absolute atomic E-state index is 12.5. The van der Waals surface area contributed by atoms with Crippen molar-refractivity contribution in [3.63, 3.8) is 0 Å². The summed E-state index contributed by atoms with van der Waals surface area (Å²) >= 11 is 0. The van der Waals surface area contributed by atoms with Crippen LogP contribution in [-0.4, -0.2) is 36.6 Å². The van der Waals surface area contributed by atoms with Gasteiger partial charge in [-0.1, -0.05) is 6.07 Å². The molecule has 1 fully saturated rings. The first-order valence-corrected chi connectivity index (χ1v) is 9.49. The van der Waals surface area contributed by atoms with Gasteiger partial charge in [0, 0.05) is 29.1 Å². The van der Waals surface area contributed by atoms with Crippen LogP contribution in [0.3, 0.4) is 0 Å². The molecule has 1 aromatic heterocycles. The Kier molecular flexibility index (Phi) is 6.54. The maximum Gasteiger partial charge on any atom is 0.387 e. The SMILES string of the molecule is COc1cc(/C=C/C(=O)OCC(=O)c2cc(C)n(C3CC3)c2C)ccc1OC(F)F. The van der Waals surface area contributed by atoms with Crippen LogP contribution >= 0.6 is 0 Å². The highest BCUT2D eigenvalue weighted by Crippen LogP contribution is 2.38. The van der Waals surface area contributed by atoms with E-state index in [0.717, 1.165) is 30.3 Å². The number of Topliss-reactive ketones (excluding diaryl/α,β-unsaturated/α-hetero) is 1. The predicted octanol–water partition coefficient (Wildman–Crippen LogP) is 4.49. The van der Waals surface area contributed by atoms with Gasteiger partial charge >= 0.3 is 12.6 Å². The molecule has 0 spiro atoms. The Labute approximate surface area is 173 Å². The number of carbonyl (C=O) groups is 2. The second-order valence-corrected chi connectivity index (χ2v) is 7.04. The number of hydrogen-bond donors (Lipinski definition) is 0. The molecular weight excluding hydrogens is 396 g/mol. The van der Waals surface area contributed by atoms with E-state index in [4.69, 9.17) is 9.47 Å². The first-order valence-electron chi connectivity index (χ1n) is 9.49. The molecule has 1 saturated carbocycles. The van der Waals surface area contributed by atoms with Gasteiger partial charge in [0.05, 0.1) is 7.11 Å². The lowest BCUT2D eigenvalue weighted by atomic mass is 10.1. The Bertz CT molecular complexity index is 976. The van der Waals surface area contributed by atoms with Crippen molar-refractivity contribution >= 4 is 17.8 Å². The average molecular weight is 419 g/mol. The van der Waals surface area contributed by atoms with E-state index in [9.17, 15) is 18.4 Å². The van der Waals surface area contributed by atoms with E-state index in [-0.39, 0.29) is 23.9 Å². The van der Waals surface area contributed by atoms with Gasteiger partial charge in [-0.2, -0.15) is 8.78 Å². The number of methoxy groups -OCH3 is 1. The van der Waals surface area contributed by atoms with Crippen LogP contribution in [0.5, 0.6) is 11.5 Å². The molecule has 0 aliphatic heterocycles. The third kappa shape index (κ3) is 5.06. The van der Waals surface area contributed by atoms with Crippen LogP contribution in [-0.2, 0) is 9.53 Å². The molecule has 0 radical (unpaired) electrons. The molecule has 3 rings (SSSR count). The summed E-state index contributed by atoms with van der Waals surface area (Å²) in [6.45, 7) is 0.530. The predicted molar refractivity (Wildman–Crippen MR) is 106 cm³/mol. The molecule has 1 aliphatic rings. The quantitative estimate of drug-likeness (QED) is 0.340. The van der Waals surface area contributed by atoms with Crippen molar-refractivity contribution in [1.82, 2.24) is 4.57 Å². The summed E-state index contributed by atoms with van der Waals surface area (Å²) in [5.41, 5.74) is 3.00. The summed E-state index contributed by atoms with van der Waals surface area (Å²) in [5, 5.41) is 0. The largest absolute Gasteiger partial charge is 0.493 e. The Morgan fingerprint density at radius 3 is 2.57 bits per heavy atom. The molecular formula is C22H23F2NO5. The van der Waals surface area contributed by atoms with Crippen molar-refractivity contribution in [2.45, 2.75) is 39.3 Å². The molecule has 0 unspecified atom stereocenters. The smallest absolute Gasteiger partial charge is 0.387 e. The summed E-state index contributed by atoms with van der Waals surface area (Å²) in [5.74, 6) is -0.952. The molecule has 1 aromatic carbocycles. The van der Waals surface area contributed by atoms with Crippen molar-refractivity contribution in [2.24, 2.45) is 0 Å². The molecule has 160 valence electrons. The van der Waals surface area contributed by atoms with Crippen LogP contribution in [0.25, 0.3) is 6.08 Å². The van der Waals surface area contributed by atoms with Crippen LogP contribution in [0.4, 0.5) is 8.78 Å². The fraction of sp³-hybridized carbons (Fsp3) is 0.364. The Hall–Kier alpha value is -3.16. The van der Waals surface area contributed by atoms with E-state index in [1.807, 2.05) is 19.9 Å². The zero-order valence-electron chi connectivity index (χ0n) is 17.0. The summed E-state index contributed by atoms with van der Waals surface area (Å²) in [6.07, 6.45) is 4.82. The van der Waals surface area contributed by atoms with E-state index in [2.05, 4.69) is 9.30 Å². The van der Waals surface area contributed by atoms with E-state index in [1.165, 1.54) is 31.4 Å². The van der Waals surface area contributed by atoms with E-state index in [1.54, 1.807) is 0 Å². The number of esters is 1. The highest BCUT2D eigenvalue weighted by atomic mass is 19.3. The normalized spacial score (nSPS) is 13.7. The van der Waals surface area contributed by atoms with Gasteiger partial charge in [0.1, 0.15) is 0 Å². The molecule has 0 bridgehead atoms. The van der Waals surface area contributed by atoms with Gasteiger partial charge < -0.3 is 18.8 Å². The number of hydrogen-bond acceptors (Lipinski definition) is 5. The van der Waals surface area contributed by atoms with Gasteiger partial charge in [0.2, 0.25) is 5.78 Å². The van der Waals surface area contributed by atoms with Crippen LogP contribution < -0.4 is 9.47 Å². The van der Waals surface area contributed by atoms with Crippen molar-refractivity contribution in [3.8, 4) is 11.5 Å². The van der Waals surface area contributed by atoms with Gasteiger partial charge in [-0.15, -0.1) is 0 Å². The van der Waals surface area contributed by atoms with Crippen molar-refractivity contribution in [1.29, 1.82) is 0 Å². The van der Waals surface area contributed by atoms with E-state index in [0.29, 0.717) is 17.2 Å². The minimum atomic E-state index is -2.97. The minimum absolute atomic E-state index is 0.104. The number of ketones is 1. The maximum atomic E-state index is 12.5. The van der Waals surface area contributed by atoms with Crippen LogP contribution in [0.2, 0.25) is 0 Å². The minimum Gasteiger partial charge on any atom is -0.493 e. The molecule has 0 saturated heterocycles. The molecule has 0 N–H and O–H groups in total. The fourth-order valence-corrected chi connectivity index (χ4v) is 3.36. The molecule has 30 heavy (non-hydrogen) atoms. The number of alkyl halides is 2. The van der Waals surface area contributed by atoms with Crippen molar-refractivity contribution in [2.75, 3.05) is 13.7 Å². The third-order valence-electron chi connectivity index (χ3n) is 4.86. The second-order valence-electron chi connectivity index (χ2n) is 7.04. The number of halogens is 2. The van der Waals surface area contributed by atoms with Gasteiger partial charge in [-0.3, -0.25) is 4.79 Å². The van der Waals surface area contributed by atoms with E-state index >= 15 is 0 Å². The molecule has 1 aliphatic carbocycles. The number of rotatable bonds is 9. The number of nitrogens with zero attached hydrogens (tertiary/aromatic N) is 1. The molecule has 6 nitrogen and oxygen atoms in total. The zero-order chi connectivity index (χ0) is 21.8. The summed E-state index contributed by atoms with van der Waals surface area (Å²) in [6, 6.07) is 6.54. The molecule has 8 heteroatoms. The molecule has 0 atom stereocenters. The first-order chi connectivity index (χ1) is 14.3. The summed E-state index contributed by atoms with van der Waals surface area (Å²) < 4.78 is 41.3. The molecule has 0 amide bonds. The van der Waals surface area contributed by atoms with Gasteiger partial charge in [0.25, 0.3) is 0 Å². The fourth-order valence-electron chi connectivity index (χ4n) is 3.36. The highest BCUT2D eigenvalue weighted by molar-refractivity contribution is 6.00. The second kappa shape index (κ2) is 9.11. The van der Waals surface area contributed by atoms with Gasteiger partial charge in [0.15, 0.2) is 18.1 Å². The summed E-state index contributed by atoms with van der Waals surface area (Å²) in [7, 11) is 1.32. The number of aryl methyl sites for hydroxylation is 1.